The average Bonchev–Trinajstić information content (AvgIpc) is 2.04. The Morgan fingerprint density at radius 2 is 2.00 bits per heavy atom. The second-order valence-corrected chi connectivity index (χ2v) is 2.17. The number of benzene rings is 1. The summed E-state index contributed by atoms with van der Waals surface area (Å²) < 4.78 is 0. The van der Waals surface area contributed by atoms with Crippen molar-refractivity contribution in [3.8, 4) is 0 Å². The largest absolute Gasteiger partial charge is 0.478 e. The molecule has 1 aromatic rings. The maximum atomic E-state index is 10.5. The molecular weight excluding hydrogens is 249 g/mol. The molecule has 4 heteroatoms. The quantitative estimate of drug-likeness (QED) is 0.772. The van der Waals surface area contributed by atoms with E-state index >= 15 is 0 Å². The molecule has 1 rings (SSSR count). The van der Waals surface area contributed by atoms with Gasteiger partial charge in [-0.1, -0.05) is 18.2 Å². The van der Waals surface area contributed by atoms with E-state index in [1.165, 1.54) is 0 Å². The van der Waals surface area contributed by atoms with Crippen LogP contribution in [-0.2, 0) is 27.0 Å². The van der Waals surface area contributed by atoms with Gasteiger partial charge in [-0.2, -0.15) is 0 Å². The van der Waals surface area contributed by atoms with Crippen molar-refractivity contribution in [1.82, 2.24) is 0 Å². The minimum absolute atomic E-state index is 0. The summed E-state index contributed by atoms with van der Waals surface area (Å²) in [5.41, 5.74) is 6.28. The van der Waals surface area contributed by atoms with Crippen molar-refractivity contribution in [2.45, 2.75) is 6.54 Å². The van der Waals surface area contributed by atoms with Gasteiger partial charge < -0.3 is 10.8 Å². The van der Waals surface area contributed by atoms with Gasteiger partial charge in [-0.15, -0.1) is 0 Å². The number of hydrogen-bond acceptors (Lipinski definition) is 2. The molecule has 3 nitrogen and oxygen atoms in total. The minimum atomic E-state index is -0.925. The van der Waals surface area contributed by atoms with Gasteiger partial charge in [0.1, 0.15) is 0 Å². The maximum Gasteiger partial charge on any atom is 0.336 e. The zero-order valence-electron chi connectivity index (χ0n) is 6.27. The molecule has 0 spiro atoms. The predicted molar refractivity (Wildman–Crippen MR) is 41.3 cm³/mol. The van der Waals surface area contributed by atoms with Crippen LogP contribution in [0.4, 0.5) is 0 Å². The molecule has 0 saturated heterocycles. The van der Waals surface area contributed by atoms with E-state index < -0.39 is 5.97 Å². The van der Waals surface area contributed by atoms with Gasteiger partial charge in [-0.25, -0.2) is 4.79 Å². The molecule has 0 saturated carbocycles. The van der Waals surface area contributed by atoms with E-state index in [4.69, 9.17) is 10.8 Å². The number of rotatable bonds is 2. The zero-order valence-corrected chi connectivity index (χ0v) is 7.82. The number of hydrogen-bond donors (Lipinski definition) is 2. The van der Waals surface area contributed by atoms with Crippen LogP contribution >= 0.6 is 0 Å². The SMILES string of the molecule is NCc1ccccc1C(=O)O.[Pd]. The van der Waals surface area contributed by atoms with Crippen LogP contribution in [0.3, 0.4) is 0 Å². The number of aromatic carboxylic acids is 1. The summed E-state index contributed by atoms with van der Waals surface area (Å²) in [4.78, 5) is 10.5. The molecule has 0 aliphatic rings. The summed E-state index contributed by atoms with van der Waals surface area (Å²) in [6.45, 7) is 0.266. The second-order valence-electron chi connectivity index (χ2n) is 2.17. The van der Waals surface area contributed by atoms with Crippen LogP contribution in [0.1, 0.15) is 15.9 Å². The topological polar surface area (TPSA) is 63.3 Å². The molecule has 0 bridgehead atoms. The van der Waals surface area contributed by atoms with Crippen LogP contribution in [0, 0.1) is 0 Å². The maximum absolute atomic E-state index is 10.5. The Labute approximate surface area is 84.2 Å². The van der Waals surface area contributed by atoms with E-state index in [1.807, 2.05) is 0 Å². The van der Waals surface area contributed by atoms with Gasteiger partial charge in [0.15, 0.2) is 0 Å². The fraction of sp³-hybridized carbons (Fsp3) is 0.125. The third-order valence-corrected chi connectivity index (χ3v) is 1.47. The smallest absolute Gasteiger partial charge is 0.336 e. The summed E-state index contributed by atoms with van der Waals surface area (Å²) in [6.07, 6.45) is 0. The normalized spacial score (nSPS) is 8.75. The van der Waals surface area contributed by atoms with Gasteiger partial charge in [-0.3, -0.25) is 0 Å². The standard InChI is InChI=1S/C8H9NO2.Pd/c9-5-6-3-1-2-4-7(6)8(10)11;/h1-4H,5,9H2,(H,10,11);. The molecule has 0 atom stereocenters. The Bertz CT molecular complexity index is 276. The Morgan fingerprint density at radius 3 is 2.42 bits per heavy atom. The molecule has 0 aromatic heterocycles. The van der Waals surface area contributed by atoms with Crippen LogP contribution in [0.25, 0.3) is 0 Å². The summed E-state index contributed by atoms with van der Waals surface area (Å²) in [5, 5.41) is 8.64. The summed E-state index contributed by atoms with van der Waals surface area (Å²) in [7, 11) is 0. The predicted octanol–water partition coefficient (Wildman–Crippen LogP) is 0.841. The Hall–Kier alpha value is -0.688. The molecule has 0 aliphatic carbocycles. The van der Waals surface area contributed by atoms with Crippen molar-refractivity contribution < 1.29 is 30.3 Å². The van der Waals surface area contributed by atoms with Gasteiger partial charge in [0.2, 0.25) is 0 Å². The van der Waals surface area contributed by atoms with Crippen molar-refractivity contribution in [3.63, 3.8) is 0 Å². The fourth-order valence-electron chi connectivity index (χ4n) is 0.907. The van der Waals surface area contributed by atoms with Crippen LogP contribution in [0.5, 0.6) is 0 Å². The number of carboxylic acids is 1. The van der Waals surface area contributed by atoms with Gasteiger partial charge in [-0.05, 0) is 11.6 Å². The average molecular weight is 258 g/mol. The number of nitrogens with two attached hydrogens (primary N) is 1. The Morgan fingerprint density at radius 1 is 1.42 bits per heavy atom. The third-order valence-electron chi connectivity index (χ3n) is 1.47. The van der Waals surface area contributed by atoms with E-state index in [2.05, 4.69) is 0 Å². The van der Waals surface area contributed by atoms with Crippen molar-refractivity contribution in [2.24, 2.45) is 5.73 Å². The van der Waals surface area contributed by atoms with Crippen LogP contribution in [0.15, 0.2) is 24.3 Å². The van der Waals surface area contributed by atoms with E-state index in [9.17, 15) is 4.79 Å². The summed E-state index contributed by atoms with van der Waals surface area (Å²) in [6, 6.07) is 6.71. The Balaban J connectivity index is 0.00000121. The molecule has 12 heavy (non-hydrogen) atoms. The molecule has 68 valence electrons. The van der Waals surface area contributed by atoms with Gasteiger partial charge in [0.05, 0.1) is 5.56 Å². The first kappa shape index (κ1) is 11.3. The van der Waals surface area contributed by atoms with E-state index in [-0.39, 0.29) is 32.5 Å². The molecule has 0 unspecified atom stereocenters. The van der Waals surface area contributed by atoms with E-state index in [0.29, 0.717) is 5.56 Å². The molecule has 0 fully saturated rings. The van der Waals surface area contributed by atoms with Crippen LogP contribution in [-0.4, -0.2) is 11.1 Å². The fourth-order valence-corrected chi connectivity index (χ4v) is 0.907. The minimum Gasteiger partial charge on any atom is -0.478 e. The van der Waals surface area contributed by atoms with Crippen molar-refractivity contribution in [1.29, 1.82) is 0 Å². The van der Waals surface area contributed by atoms with Crippen molar-refractivity contribution in [2.75, 3.05) is 0 Å². The van der Waals surface area contributed by atoms with Gasteiger partial charge in [0, 0.05) is 27.0 Å². The molecule has 0 heterocycles. The number of carbonyl (C=O) groups is 1. The van der Waals surface area contributed by atoms with Crippen molar-refractivity contribution in [3.05, 3.63) is 35.4 Å². The molecule has 0 amide bonds. The summed E-state index contributed by atoms with van der Waals surface area (Å²) >= 11 is 0. The molecular formula is C8H9NO2Pd. The van der Waals surface area contributed by atoms with Crippen LogP contribution in [0.2, 0.25) is 0 Å². The first-order valence-corrected chi connectivity index (χ1v) is 3.27. The second kappa shape index (κ2) is 5.05. The Kier molecular flexibility index (Phi) is 4.76. The molecule has 0 radical (unpaired) electrons. The van der Waals surface area contributed by atoms with Crippen molar-refractivity contribution >= 4 is 5.97 Å². The molecule has 0 aliphatic heterocycles. The zero-order chi connectivity index (χ0) is 8.27. The summed E-state index contributed by atoms with van der Waals surface area (Å²) in [5.74, 6) is -0.925. The monoisotopic (exact) mass is 257 g/mol. The first-order chi connectivity index (χ1) is 5.25. The number of carboxylic acid groups (broad SMARTS) is 1. The van der Waals surface area contributed by atoms with Gasteiger partial charge in [0.25, 0.3) is 0 Å². The molecule has 1 aromatic carbocycles. The first-order valence-electron chi connectivity index (χ1n) is 3.27. The van der Waals surface area contributed by atoms with E-state index in [1.54, 1.807) is 24.3 Å². The molecule has 3 N–H and O–H groups in total. The van der Waals surface area contributed by atoms with Gasteiger partial charge >= 0.3 is 5.97 Å². The van der Waals surface area contributed by atoms with Crippen LogP contribution < -0.4 is 5.73 Å². The third kappa shape index (κ3) is 2.42. The van der Waals surface area contributed by atoms with E-state index in [0.717, 1.165) is 0 Å².